The first-order chi connectivity index (χ1) is 8.58. The van der Waals surface area contributed by atoms with Crippen molar-refractivity contribution < 1.29 is 9.53 Å². The lowest BCUT2D eigenvalue weighted by Crippen LogP contribution is -2.41. The zero-order chi connectivity index (χ0) is 13.5. The molecule has 1 amide bonds. The fourth-order valence-corrected chi connectivity index (χ4v) is 1.84. The smallest absolute Gasteiger partial charge is 0.239 e. The molecule has 0 fully saturated rings. The van der Waals surface area contributed by atoms with Crippen molar-refractivity contribution in [1.29, 1.82) is 0 Å². The van der Waals surface area contributed by atoms with Crippen molar-refractivity contribution in [1.82, 2.24) is 4.90 Å². The molecule has 0 aliphatic heterocycles. The highest BCUT2D eigenvalue weighted by Gasteiger charge is 2.17. The summed E-state index contributed by atoms with van der Waals surface area (Å²) in [4.78, 5) is 13.6. The first-order valence-electron chi connectivity index (χ1n) is 6.22. The van der Waals surface area contributed by atoms with Gasteiger partial charge in [-0.2, -0.15) is 0 Å². The quantitative estimate of drug-likeness (QED) is 0.837. The van der Waals surface area contributed by atoms with Gasteiger partial charge in [-0.05, 0) is 24.1 Å². The first kappa shape index (κ1) is 14.5. The highest BCUT2D eigenvalue weighted by atomic mass is 16.5. The maximum Gasteiger partial charge on any atom is 0.239 e. The minimum atomic E-state index is -0.398. The highest BCUT2D eigenvalue weighted by molar-refractivity contribution is 5.81. The van der Waals surface area contributed by atoms with E-state index in [1.807, 2.05) is 31.2 Å². The molecule has 4 nitrogen and oxygen atoms in total. The number of carbonyl (C=O) groups excluding carboxylic acids is 1. The van der Waals surface area contributed by atoms with Crippen LogP contribution in [0.15, 0.2) is 24.3 Å². The van der Waals surface area contributed by atoms with Crippen LogP contribution in [0, 0.1) is 0 Å². The van der Waals surface area contributed by atoms with E-state index in [0.717, 1.165) is 24.2 Å². The van der Waals surface area contributed by atoms with Crippen LogP contribution >= 0.6 is 0 Å². The van der Waals surface area contributed by atoms with Gasteiger partial charge in [0.2, 0.25) is 5.91 Å². The number of likely N-dealkylation sites (N-methyl/N-ethyl adjacent to an activating group) is 1. The molecule has 4 heteroatoms. The number of methoxy groups -OCH3 is 1. The number of hydrogen-bond donors (Lipinski definition) is 1. The molecule has 0 heterocycles. The summed E-state index contributed by atoms with van der Waals surface area (Å²) in [5.74, 6) is 0.783. The number of amides is 1. The summed E-state index contributed by atoms with van der Waals surface area (Å²) in [6.45, 7) is 2.57. The predicted molar refractivity (Wildman–Crippen MR) is 72.4 cm³/mol. The van der Waals surface area contributed by atoms with Crippen molar-refractivity contribution in [2.75, 3.05) is 14.2 Å². The third kappa shape index (κ3) is 4.04. The van der Waals surface area contributed by atoms with Crippen molar-refractivity contribution in [3.63, 3.8) is 0 Å². The molecule has 1 unspecified atom stereocenters. The summed E-state index contributed by atoms with van der Waals surface area (Å²) >= 11 is 0. The van der Waals surface area contributed by atoms with Gasteiger partial charge in [0.15, 0.2) is 0 Å². The molecule has 0 aliphatic rings. The van der Waals surface area contributed by atoms with Gasteiger partial charge in [-0.1, -0.05) is 25.5 Å². The molecule has 0 bridgehead atoms. The molecule has 0 saturated carbocycles. The van der Waals surface area contributed by atoms with E-state index in [1.54, 1.807) is 19.1 Å². The molecule has 0 radical (unpaired) electrons. The lowest BCUT2D eigenvalue weighted by Gasteiger charge is -2.21. The topological polar surface area (TPSA) is 55.6 Å². The second-order valence-corrected chi connectivity index (χ2v) is 4.44. The number of carbonyl (C=O) groups is 1. The van der Waals surface area contributed by atoms with Crippen LogP contribution in [0.4, 0.5) is 0 Å². The van der Waals surface area contributed by atoms with Gasteiger partial charge in [-0.15, -0.1) is 0 Å². The molecular weight excluding hydrogens is 228 g/mol. The van der Waals surface area contributed by atoms with E-state index in [9.17, 15) is 4.79 Å². The first-order valence-corrected chi connectivity index (χ1v) is 6.22. The van der Waals surface area contributed by atoms with Crippen molar-refractivity contribution in [2.45, 2.75) is 32.4 Å². The Morgan fingerprint density at radius 2 is 2.22 bits per heavy atom. The lowest BCUT2D eigenvalue weighted by atomic mass is 10.1. The van der Waals surface area contributed by atoms with Crippen LogP contribution in [-0.2, 0) is 11.3 Å². The molecule has 1 aromatic carbocycles. The second kappa shape index (κ2) is 7.01. The van der Waals surface area contributed by atoms with E-state index in [4.69, 9.17) is 10.5 Å². The summed E-state index contributed by atoms with van der Waals surface area (Å²) in [6.07, 6.45) is 1.64. The molecule has 0 saturated heterocycles. The minimum absolute atomic E-state index is 0.0142. The summed E-state index contributed by atoms with van der Waals surface area (Å²) in [6, 6.07) is 7.30. The average molecular weight is 250 g/mol. The molecule has 1 rings (SSSR count). The van der Waals surface area contributed by atoms with E-state index in [0.29, 0.717) is 6.54 Å². The lowest BCUT2D eigenvalue weighted by molar-refractivity contribution is -0.132. The van der Waals surface area contributed by atoms with Crippen LogP contribution in [0.5, 0.6) is 5.75 Å². The normalized spacial score (nSPS) is 12.0. The number of nitrogens with zero attached hydrogens (tertiary/aromatic N) is 1. The van der Waals surface area contributed by atoms with Gasteiger partial charge < -0.3 is 15.4 Å². The number of hydrogen-bond acceptors (Lipinski definition) is 3. The molecule has 18 heavy (non-hydrogen) atoms. The van der Waals surface area contributed by atoms with Gasteiger partial charge in [0.05, 0.1) is 13.2 Å². The molecule has 0 aromatic heterocycles. The summed E-state index contributed by atoms with van der Waals surface area (Å²) in [5.41, 5.74) is 6.86. The summed E-state index contributed by atoms with van der Waals surface area (Å²) in [5, 5.41) is 0. The largest absolute Gasteiger partial charge is 0.497 e. The maximum atomic E-state index is 12.0. The van der Waals surface area contributed by atoms with Gasteiger partial charge in [0.1, 0.15) is 5.75 Å². The fraction of sp³-hybridized carbons (Fsp3) is 0.500. The molecule has 1 aromatic rings. The van der Waals surface area contributed by atoms with Crippen LogP contribution in [0.3, 0.4) is 0 Å². The Hall–Kier alpha value is -1.55. The standard InChI is InChI=1S/C14H22N2O2/c1-4-6-13(15)14(17)16(2)10-11-7-5-8-12(9-11)18-3/h5,7-9,13H,4,6,10,15H2,1-3H3. The van der Waals surface area contributed by atoms with Crippen LogP contribution in [0.1, 0.15) is 25.3 Å². The van der Waals surface area contributed by atoms with Crippen molar-refractivity contribution in [3.8, 4) is 5.75 Å². The van der Waals surface area contributed by atoms with Crippen LogP contribution < -0.4 is 10.5 Å². The molecule has 2 N–H and O–H groups in total. The van der Waals surface area contributed by atoms with E-state index in [-0.39, 0.29) is 5.91 Å². The number of benzene rings is 1. The Kier molecular flexibility index (Phi) is 5.65. The highest BCUT2D eigenvalue weighted by Crippen LogP contribution is 2.14. The number of rotatable bonds is 6. The Morgan fingerprint density at radius 3 is 2.83 bits per heavy atom. The number of nitrogens with two attached hydrogens (primary N) is 1. The van der Waals surface area contributed by atoms with E-state index < -0.39 is 6.04 Å². The zero-order valence-electron chi connectivity index (χ0n) is 11.3. The molecule has 0 aliphatic carbocycles. The van der Waals surface area contributed by atoms with Crippen LogP contribution in [-0.4, -0.2) is 31.0 Å². The van der Waals surface area contributed by atoms with Crippen LogP contribution in [0.2, 0.25) is 0 Å². The van der Waals surface area contributed by atoms with Crippen molar-refractivity contribution >= 4 is 5.91 Å². The molecular formula is C14H22N2O2. The Morgan fingerprint density at radius 1 is 1.50 bits per heavy atom. The zero-order valence-corrected chi connectivity index (χ0v) is 11.3. The van der Waals surface area contributed by atoms with Gasteiger partial charge >= 0.3 is 0 Å². The van der Waals surface area contributed by atoms with E-state index in [2.05, 4.69) is 0 Å². The Balaban J connectivity index is 2.63. The van der Waals surface area contributed by atoms with Crippen molar-refractivity contribution in [2.24, 2.45) is 5.73 Å². The van der Waals surface area contributed by atoms with Gasteiger partial charge in [0.25, 0.3) is 0 Å². The van der Waals surface area contributed by atoms with Gasteiger partial charge in [-0.3, -0.25) is 4.79 Å². The van der Waals surface area contributed by atoms with Gasteiger partial charge in [-0.25, -0.2) is 0 Å². The summed E-state index contributed by atoms with van der Waals surface area (Å²) in [7, 11) is 3.41. The van der Waals surface area contributed by atoms with Crippen LogP contribution in [0.25, 0.3) is 0 Å². The SMILES string of the molecule is CCCC(N)C(=O)N(C)Cc1cccc(OC)c1. The molecule has 1 atom stereocenters. The third-order valence-electron chi connectivity index (χ3n) is 2.85. The molecule has 100 valence electrons. The molecule has 0 spiro atoms. The van der Waals surface area contributed by atoms with E-state index in [1.165, 1.54) is 0 Å². The van der Waals surface area contributed by atoms with E-state index >= 15 is 0 Å². The van der Waals surface area contributed by atoms with Crippen molar-refractivity contribution in [3.05, 3.63) is 29.8 Å². The maximum absolute atomic E-state index is 12.0. The Labute approximate surface area is 109 Å². The minimum Gasteiger partial charge on any atom is -0.497 e. The predicted octanol–water partition coefficient (Wildman–Crippen LogP) is 1.78. The average Bonchev–Trinajstić information content (AvgIpc) is 2.38. The monoisotopic (exact) mass is 250 g/mol. The number of ether oxygens (including phenoxy) is 1. The van der Waals surface area contributed by atoms with Gasteiger partial charge in [0, 0.05) is 13.6 Å². The third-order valence-corrected chi connectivity index (χ3v) is 2.85. The fourth-order valence-electron chi connectivity index (χ4n) is 1.84. The summed E-state index contributed by atoms with van der Waals surface area (Å²) < 4.78 is 5.15. The Bertz CT molecular complexity index is 393. The second-order valence-electron chi connectivity index (χ2n) is 4.44.